The van der Waals surface area contributed by atoms with Crippen LogP contribution in [-0.4, -0.2) is 29.7 Å². The molecule has 2 bridgehead atoms. The molecule has 1 atom stereocenters. The highest BCUT2D eigenvalue weighted by atomic mass is 19.2. The first-order valence-electron chi connectivity index (χ1n) is 11.0. The van der Waals surface area contributed by atoms with E-state index in [4.69, 9.17) is 4.99 Å². The molecule has 0 aromatic heterocycles. The predicted octanol–water partition coefficient (Wildman–Crippen LogP) is 5.83. The van der Waals surface area contributed by atoms with Crippen LogP contribution in [0.4, 0.5) is 8.78 Å². The van der Waals surface area contributed by atoms with Gasteiger partial charge in [-0.1, -0.05) is 72.8 Å². The molecule has 0 amide bonds. The maximum Gasteiger partial charge on any atom is 0.163 e. The molecule has 158 valence electrons. The molecule has 0 N–H and O–H groups in total. The van der Waals surface area contributed by atoms with Crippen LogP contribution in [-0.2, 0) is 6.54 Å². The van der Waals surface area contributed by atoms with Crippen LogP contribution < -0.4 is 0 Å². The van der Waals surface area contributed by atoms with Crippen LogP contribution in [0.2, 0.25) is 0 Å². The molecule has 6 rings (SSSR count). The molecular formula is C27H26F2N2. The van der Waals surface area contributed by atoms with Gasteiger partial charge < -0.3 is 0 Å². The summed E-state index contributed by atoms with van der Waals surface area (Å²) in [5, 5.41) is 0. The number of hydrogen-bond donors (Lipinski definition) is 0. The average molecular weight is 417 g/mol. The Morgan fingerprint density at radius 1 is 0.806 bits per heavy atom. The van der Waals surface area contributed by atoms with Crippen molar-refractivity contribution >= 4 is 5.71 Å². The maximum absolute atomic E-state index is 14.3. The van der Waals surface area contributed by atoms with Crippen molar-refractivity contribution in [3.05, 3.63) is 107 Å². The lowest BCUT2D eigenvalue weighted by molar-refractivity contribution is 0.135. The highest BCUT2D eigenvalue weighted by Gasteiger charge is 2.43. The number of nitrogens with zero attached hydrogens (tertiary/aromatic N) is 2. The summed E-state index contributed by atoms with van der Waals surface area (Å²) in [5.74, 6) is -1.04. The summed E-state index contributed by atoms with van der Waals surface area (Å²) in [6.07, 6.45) is 2.16. The summed E-state index contributed by atoms with van der Waals surface area (Å²) < 4.78 is 28.0. The minimum absolute atomic E-state index is 0.133. The van der Waals surface area contributed by atoms with Crippen molar-refractivity contribution in [2.45, 2.75) is 31.3 Å². The van der Waals surface area contributed by atoms with Crippen molar-refractivity contribution in [1.82, 2.24) is 4.90 Å². The van der Waals surface area contributed by atoms with E-state index < -0.39 is 11.6 Å². The Kier molecular flexibility index (Phi) is 5.65. The fraction of sp³-hybridized carbons (Fsp3) is 0.296. The number of rotatable bonds is 5. The lowest BCUT2D eigenvalue weighted by Crippen LogP contribution is -2.58. The van der Waals surface area contributed by atoms with Gasteiger partial charge >= 0.3 is 0 Å². The maximum atomic E-state index is 14.3. The van der Waals surface area contributed by atoms with Gasteiger partial charge in [-0.2, -0.15) is 0 Å². The van der Waals surface area contributed by atoms with Gasteiger partial charge in [-0.3, -0.25) is 9.89 Å². The summed E-state index contributed by atoms with van der Waals surface area (Å²) in [6, 6.07) is 25.6. The Bertz CT molecular complexity index is 1020. The fourth-order valence-electron chi connectivity index (χ4n) is 5.23. The third kappa shape index (κ3) is 3.92. The topological polar surface area (TPSA) is 15.6 Å². The molecule has 3 aliphatic heterocycles. The molecule has 3 fully saturated rings. The molecule has 4 heteroatoms. The van der Waals surface area contributed by atoms with Gasteiger partial charge in [-0.05, 0) is 43.1 Å². The second-order valence-electron chi connectivity index (χ2n) is 8.51. The van der Waals surface area contributed by atoms with Gasteiger partial charge in [-0.15, -0.1) is 0 Å². The Hall–Kier alpha value is -2.85. The van der Waals surface area contributed by atoms with Crippen LogP contribution >= 0.6 is 0 Å². The monoisotopic (exact) mass is 416 g/mol. The van der Waals surface area contributed by atoms with E-state index in [1.54, 1.807) is 12.1 Å². The molecule has 0 saturated carbocycles. The first-order valence-corrected chi connectivity index (χ1v) is 11.0. The summed E-state index contributed by atoms with van der Waals surface area (Å²) in [6.45, 7) is 2.29. The van der Waals surface area contributed by atoms with Crippen LogP contribution in [0.1, 0.15) is 35.4 Å². The third-order valence-electron chi connectivity index (χ3n) is 6.74. The second-order valence-corrected chi connectivity index (χ2v) is 8.51. The molecule has 3 aliphatic rings. The summed E-state index contributed by atoms with van der Waals surface area (Å²) in [7, 11) is 0. The number of benzene rings is 3. The van der Waals surface area contributed by atoms with Crippen molar-refractivity contribution in [3.63, 3.8) is 0 Å². The van der Waals surface area contributed by atoms with Crippen LogP contribution in [0.15, 0.2) is 83.9 Å². The highest BCUT2D eigenvalue weighted by Crippen LogP contribution is 2.40. The molecule has 3 heterocycles. The molecular weight excluding hydrogens is 390 g/mol. The SMILES string of the molecule is Fc1cccc(C/N=C2\C3CCN(CC3)C2C(c2ccccc2)c2ccccc2)c1F. The number of halogens is 2. The van der Waals surface area contributed by atoms with Gasteiger partial charge in [0.2, 0.25) is 0 Å². The van der Waals surface area contributed by atoms with E-state index in [0.29, 0.717) is 11.5 Å². The Morgan fingerprint density at radius 2 is 1.42 bits per heavy atom. The average Bonchev–Trinajstić information content (AvgIpc) is 2.83. The number of aliphatic imine (C=N–C) groups is 1. The van der Waals surface area contributed by atoms with Crippen LogP contribution in [0, 0.1) is 17.6 Å². The van der Waals surface area contributed by atoms with Gasteiger partial charge in [0.15, 0.2) is 11.6 Å². The molecule has 0 spiro atoms. The van der Waals surface area contributed by atoms with E-state index >= 15 is 0 Å². The van der Waals surface area contributed by atoms with Gasteiger partial charge in [0.05, 0.1) is 12.6 Å². The molecule has 3 saturated heterocycles. The van der Waals surface area contributed by atoms with E-state index in [0.717, 1.165) is 37.7 Å². The lowest BCUT2D eigenvalue weighted by Gasteiger charge is -2.49. The summed E-state index contributed by atoms with van der Waals surface area (Å²) in [4.78, 5) is 7.49. The molecule has 2 nitrogen and oxygen atoms in total. The van der Waals surface area contributed by atoms with Crippen molar-refractivity contribution in [2.24, 2.45) is 10.9 Å². The first kappa shape index (κ1) is 20.1. The lowest BCUT2D eigenvalue weighted by atomic mass is 9.72. The van der Waals surface area contributed by atoms with Crippen molar-refractivity contribution in [1.29, 1.82) is 0 Å². The quantitative estimate of drug-likeness (QED) is 0.511. The zero-order valence-electron chi connectivity index (χ0n) is 17.4. The standard InChI is InChI=1S/C27H26F2N2/c28-23-13-7-12-22(25(23)29)18-30-26-21-14-16-31(17-15-21)27(26)24(19-8-3-1-4-9-19)20-10-5-2-6-11-20/h1-13,21,24,27H,14-18H2/b30-26+. The van der Waals surface area contributed by atoms with Crippen LogP contribution in [0.3, 0.4) is 0 Å². The molecule has 1 unspecified atom stereocenters. The van der Waals surface area contributed by atoms with Crippen molar-refractivity contribution in [2.75, 3.05) is 13.1 Å². The van der Waals surface area contributed by atoms with E-state index in [-0.39, 0.29) is 18.5 Å². The molecule has 0 radical (unpaired) electrons. The highest BCUT2D eigenvalue weighted by molar-refractivity contribution is 5.94. The first-order chi connectivity index (χ1) is 15.2. The van der Waals surface area contributed by atoms with Gasteiger partial charge in [0.1, 0.15) is 0 Å². The molecule has 3 aromatic carbocycles. The minimum atomic E-state index is -0.811. The fourth-order valence-corrected chi connectivity index (χ4v) is 5.23. The molecule has 31 heavy (non-hydrogen) atoms. The number of piperidine rings is 3. The van der Waals surface area contributed by atoms with Gasteiger partial charge in [-0.25, -0.2) is 8.78 Å². The van der Waals surface area contributed by atoms with E-state index in [1.807, 2.05) is 12.1 Å². The summed E-state index contributed by atoms with van der Waals surface area (Å²) >= 11 is 0. The zero-order valence-corrected chi connectivity index (χ0v) is 17.4. The zero-order chi connectivity index (χ0) is 21.2. The smallest absolute Gasteiger partial charge is 0.163 e. The van der Waals surface area contributed by atoms with Gasteiger partial charge in [0, 0.05) is 23.1 Å². The van der Waals surface area contributed by atoms with Gasteiger partial charge in [0.25, 0.3) is 0 Å². The van der Waals surface area contributed by atoms with E-state index in [9.17, 15) is 8.78 Å². The molecule has 3 aromatic rings. The number of hydrogen-bond acceptors (Lipinski definition) is 2. The minimum Gasteiger partial charge on any atom is -0.294 e. The van der Waals surface area contributed by atoms with E-state index in [1.165, 1.54) is 11.1 Å². The Balaban J connectivity index is 1.57. The van der Waals surface area contributed by atoms with Crippen LogP contribution in [0.5, 0.6) is 0 Å². The van der Waals surface area contributed by atoms with E-state index in [2.05, 4.69) is 53.4 Å². The second kappa shape index (κ2) is 8.72. The Labute approximate surface area is 182 Å². The van der Waals surface area contributed by atoms with Crippen molar-refractivity contribution in [3.8, 4) is 0 Å². The third-order valence-corrected chi connectivity index (χ3v) is 6.74. The number of fused-ring (bicyclic) bond motifs is 3. The normalized spacial score (nSPS) is 24.1. The van der Waals surface area contributed by atoms with Crippen LogP contribution in [0.25, 0.3) is 0 Å². The summed E-state index contributed by atoms with van der Waals surface area (Å²) in [5.41, 5.74) is 3.98. The Morgan fingerprint density at radius 3 is 2.03 bits per heavy atom. The van der Waals surface area contributed by atoms with Crippen molar-refractivity contribution < 1.29 is 8.78 Å². The largest absolute Gasteiger partial charge is 0.294 e. The predicted molar refractivity (Wildman–Crippen MR) is 120 cm³/mol. The molecule has 0 aliphatic carbocycles.